The highest BCUT2D eigenvalue weighted by Crippen LogP contribution is 2.19. The van der Waals surface area contributed by atoms with Crippen LogP contribution in [0.4, 0.5) is 0 Å². The van der Waals surface area contributed by atoms with Gasteiger partial charge in [0.05, 0.1) is 7.11 Å². The molecule has 0 radical (unpaired) electrons. The summed E-state index contributed by atoms with van der Waals surface area (Å²) in [4.78, 5) is 43.5. The number of methoxy groups -OCH3 is 1. The number of aliphatic hydroxyl groups is 1. The summed E-state index contributed by atoms with van der Waals surface area (Å²) >= 11 is 0. The van der Waals surface area contributed by atoms with Gasteiger partial charge in [-0.25, -0.2) is 9.80 Å². The van der Waals surface area contributed by atoms with Crippen molar-refractivity contribution in [2.75, 3.05) is 48.0 Å². The lowest BCUT2D eigenvalue weighted by molar-refractivity contribution is -0.773. The summed E-state index contributed by atoms with van der Waals surface area (Å²) in [6, 6.07) is 0. The van der Waals surface area contributed by atoms with Crippen molar-refractivity contribution < 1.29 is 29.3 Å². The molecule has 3 amide bonds. The number of amides is 3. The molecule has 0 saturated carbocycles. The molecule has 27 heavy (non-hydrogen) atoms. The number of likely N-dealkylation sites (N-methyl/N-ethyl adjacent to an activating group) is 2. The molecule has 1 saturated heterocycles. The van der Waals surface area contributed by atoms with E-state index in [4.69, 9.17) is 0 Å². The molecule has 2 atom stereocenters. The third-order valence-electron chi connectivity index (χ3n) is 4.19. The Balaban J connectivity index is 2.50. The van der Waals surface area contributed by atoms with Crippen molar-refractivity contribution in [3.63, 3.8) is 0 Å². The van der Waals surface area contributed by atoms with Crippen molar-refractivity contribution in [2.24, 2.45) is 10.9 Å². The molecule has 2 N–H and O–H groups in total. The summed E-state index contributed by atoms with van der Waals surface area (Å²) in [5, 5.41) is 23.8. The number of ether oxygens (including phenoxy) is 1. The topological polar surface area (TPSA) is 133 Å². The molecular weight excluding hydrogens is 360 g/mol. The van der Waals surface area contributed by atoms with E-state index in [1.54, 1.807) is 0 Å². The van der Waals surface area contributed by atoms with Gasteiger partial charge in [-0.2, -0.15) is 4.99 Å². The van der Waals surface area contributed by atoms with Gasteiger partial charge in [0, 0.05) is 34.2 Å². The van der Waals surface area contributed by atoms with Crippen LogP contribution < -0.4 is 5.06 Å². The average Bonchev–Trinajstić information content (AvgIpc) is 2.75. The van der Waals surface area contributed by atoms with E-state index < -0.39 is 34.4 Å². The van der Waals surface area contributed by atoms with Crippen LogP contribution in [-0.4, -0.2) is 96.6 Å². The number of nitrogens with zero attached hydrogens (tertiary/aromatic N) is 5. The first-order chi connectivity index (χ1) is 12.6. The van der Waals surface area contributed by atoms with Crippen LogP contribution in [0.1, 0.15) is 6.92 Å². The van der Waals surface area contributed by atoms with Crippen LogP contribution in [0.2, 0.25) is 0 Å². The number of hydrazine groups is 1. The number of aliphatic imine (C=N–C) groups is 1. The predicted molar refractivity (Wildman–Crippen MR) is 92.3 cm³/mol. The summed E-state index contributed by atoms with van der Waals surface area (Å²) in [6.45, 7) is 2.37. The molecule has 0 spiro atoms. The Kier molecular flexibility index (Phi) is 5.91. The van der Waals surface area contributed by atoms with Gasteiger partial charge in [0.1, 0.15) is 0 Å². The van der Waals surface area contributed by atoms with E-state index in [0.717, 1.165) is 17.0 Å². The maximum Gasteiger partial charge on any atom is 0.371 e. The number of fused-ring (bicyclic) bond motifs is 1. The van der Waals surface area contributed by atoms with Gasteiger partial charge in [0.2, 0.25) is 5.96 Å². The van der Waals surface area contributed by atoms with Crippen LogP contribution in [0, 0.1) is 11.1 Å². The zero-order valence-electron chi connectivity index (χ0n) is 15.9. The fourth-order valence-electron chi connectivity index (χ4n) is 2.78. The van der Waals surface area contributed by atoms with Gasteiger partial charge in [0.25, 0.3) is 5.70 Å². The number of guanidine groups is 1. The number of aliphatic hydroxyl groups excluding tert-OH is 1. The van der Waals surface area contributed by atoms with Crippen molar-refractivity contribution >= 4 is 23.7 Å². The number of hydrogen-bond donors (Lipinski definition) is 2. The zero-order valence-corrected chi connectivity index (χ0v) is 15.9. The SMILES string of the molecule is COC(O)=C1N=C2N(CC(C)CN2N(C)C(=O)C(=O)N(C)C)C[NH+]([O-])C1=O. The minimum absolute atomic E-state index is 0.0121. The summed E-state index contributed by atoms with van der Waals surface area (Å²) in [7, 11) is 5.44. The average molecular weight is 384 g/mol. The lowest BCUT2D eigenvalue weighted by atomic mass is 10.1. The van der Waals surface area contributed by atoms with Crippen LogP contribution in [-0.2, 0) is 19.1 Å². The maximum atomic E-state index is 12.5. The highest BCUT2D eigenvalue weighted by Gasteiger charge is 2.40. The van der Waals surface area contributed by atoms with Crippen LogP contribution in [0.5, 0.6) is 0 Å². The number of carbonyl (C=O) groups excluding carboxylic acids is 3. The molecule has 150 valence electrons. The molecule has 0 aromatic carbocycles. The van der Waals surface area contributed by atoms with Crippen LogP contribution in [0.3, 0.4) is 0 Å². The zero-order chi connectivity index (χ0) is 20.5. The summed E-state index contributed by atoms with van der Waals surface area (Å²) in [5.41, 5.74) is -0.542. The smallest absolute Gasteiger partial charge is 0.371 e. The number of hydrogen-bond acceptors (Lipinski definition) is 9. The highest BCUT2D eigenvalue weighted by molar-refractivity contribution is 6.34. The number of quaternary nitrogens is 1. The van der Waals surface area contributed by atoms with Gasteiger partial charge in [-0.05, 0) is 5.92 Å². The molecule has 12 heteroatoms. The molecular formula is C15H24N6O6. The number of hydroxylamine groups is 2. The Morgan fingerprint density at radius 1 is 1.30 bits per heavy atom. The lowest BCUT2D eigenvalue weighted by Gasteiger charge is -2.44. The van der Waals surface area contributed by atoms with Crippen molar-refractivity contribution in [2.45, 2.75) is 6.92 Å². The second kappa shape index (κ2) is 7.80. The van der Waals surface area contributed by atoms with Crippen LogP contribution >= 0.6 is 0 Å². The largest absolute Gasteiger partial charge is 0.625 e. The van der Waals surface area contributed by atoms with Crippen LogP contribution in [0.25, 0.3) is 0 Å². The predicted octanol–water partition coefficient (Wildman–Crippen LogP) is -2.69. The summed E-state index contributed by atoms with van der Waals surface area (Å²) in [6.07, 6.45) is 0. The Morgan fingerprint density at radius 2 is 1.93 bits per heavy atom. The quantitative estimate of drug-likeness (QED) is 0.228. The first kappa shape index (κ1) is 20.5. The van der Waals surface area contributed by atoms with Crippen molar-refractivity contribution in [1.82, 2.24) is 19.8 Å². The number of nitrogens with one attached hydrogen (secondary N) is 1. The van der Waals surface area contributed by atoms with E-state index in [0.29, 0.717) is 13.1 Å². The van der Waals surface area contributed by atoms with Gasteiger partial charge >= 0.3 is 23.7 Å². The Bertz CT molecular complexity index is 705. The molecule has 2 aliphatic rings. The van der Waals surface area contributed by atoms with E-state index in [9.17, 15) is 24.7 Å². The first-order valence-corrected chi connectivity index (χ1v) is 8.23. The first-order valence-electron chi connectivity index (χ1n) is 8.23. The molecule has 1 fully saturated rings. The minimum atomic E-state index is -0.984. The van der Waals surface area contributed by atoms with Crippen molar-refractivity contribution in [1.29, 1.82) is 0 Å². The number of rotatable bonds is 2. The van der Waals surface area contributed by atoms with E-state index in [2.05, 4.69) is 9.73 Å². The van der Waals surface area contributed by atoms with Gasteiger partial charge in [-0.1, -0.05) is 6.92 Å². The fraction of sp³-hybridized carbons (Fsp3) is 0.600. The van der Waals surface area contributed by atoms with E-state index in [-0.39, 0.29) is 18.5 Å². The summed E-state index contributed by atoms with van der Waals surface area (Å²) in [5.74, 6) is -3.20. The second-order valence-electron chi connectivity index (χ2n) is 6.62. The van der Waals surface area contributed by atoms with Gasteiger partial charge in [-0.15, -0.1) is 0 Å². The van der Waals surface area contributed by atoms with E-state index in [1.807, 2.05) is 6.92 Å². The highest BCUT2D eigenvalue weighted by atomic mass is 16.6. The normalized spacial score (nSPS) is 24.5. The monoisotopic (exact) mass is 384 g/mol. The third-order valence-corrected chi connectivity index (χ3v) is 4.19. The third kappa shape index (κ3) is 3.95. The number of carbonyl (C=O) groups is 3. The maximum absolute atomic E-state index is 12.5. The van der Waals surface area contributed by atoms with E-state index >= 15 is 0 Å². The molecule has 0 aliphatic carbocycles. The van der Waals surface area contributed by atoms with Crippen molar-refractivity contribution in [3.05, 3.63) is 16.8 Å². The molecule has 2 aliphatic heterocycles. The molecule has 2 heterocycles. The van der Waals surface area contributed by atoms with Gasteiger partial charge in [-0.3, -0.25) is 24.6 Å². The van der Waals surface area contributed by atoms with Crippen molar-refractivity contribution in [3.8, 4) is 0 Å². The Labute approximate surface area is 156 Å². The van der Waals surface area contributed by atoms with E-state index in [1.165, 1.54) is 31.1 Å². The van der Waals surface area contributed by atoms with Gasteiger partial charge < -0.3 is 20.0 Å². The lowest BCUT2D eigenvalue weighted by Crippen LogP contribution is -3.11. The Hall–Kier alpha value is -2.86. The summed E-state index contributed by atoms with van der Waals surface area (Å²) < 4.78 is 4.65. The molecule has 0 bridgehead atoms. The molecule has 0 aromatic rings. The van der Waals surface area contributed by atoms with Gasteiger partial charge in [0.15, 0.2) is 6.67 Å². The molecule has 0 aromatic heterocycles. The second-order valence-corrected chi connectivity index (χ2v) is 6.62. The Morgan fingerprint density at radius 3 is 2.48 bits per heavy atom. The standard InChI is InChI=1S/C15H24N6O6/c1-9-6-19-8-21(26)11(22)10(14(25)27-5)16-15(19)20(7-9)18(4)13(24)12(23)17(2)3/h9,21,25H,6-8H2,1-5H3. The molecule has 12 nitrogen and oxygen atoms in total. The fourth-order valence-corrected chi connectivity index (χ4v) is 2.78. The molecule has 2 unspecified atom stereocenters. The van der Waals surface area contributed by atoms with Crippen LogP contribution in [0.15, 0.2) is 16.6 Å². The molecule has 2 rings (SSSR count). The minimum Gasteiger partial charge on any atom is -0.625 e.